The second-order valence-electron chi connectivity index (χ2n) is 5.34. The number of allylic oxidation sites excluding steroid dienone is 4. The summed E-state index contributed by atoms with van der Waals surface area (Å²) in [5.41, 5.74) is 3.86. The van der Waals surface area contributed by atoms with Crippen LogP contribution in [0.1, 0.15) is 5.56 Å². The van der Waals surface area contributed by atoms with Crippen LogP contribution in [-0.4, -0.2) is 0 Å². The van der Waals surface area contributed by atoms with Crippen molar-refractivity contribution in [2.75, 3.05) is 0 Å². The zero-order valence-electron chi connectivity index (χ0n) is 12.9. The van der Waals surface area contributed by atoms with Crippen molar-refractivity contribution >= 4 is 10.8 Å². The predicted molar refractivity (Wildman–Crippen MR) is 100 cm³/mol. The fourth-order valence-electron chi connectivity index (χ4n) is 2.79. The molecular formula is C23H18. The summed E-state index contributed by atoms with van der Waals surface area (Å²) < 4.78 is 0. The SMILES string of the molecule is C#C/C=C\C=C/Cc1ccc(-c2ccccc2)c2ccccc12. The van der Waals surface area contributed by atoms with Crippen molar-refractivity contribution in [2.45, 2.75) is 6.42 Å². The van der Waals surface area contributed by atoms with Gasteiger partial charge in [0.2, 0.25) is 0 Å². The number of rotatable bonds is 4. The van der Waals surface area contributed by atoms with Gasteiger partial charge in [0.15, 0.2) is 0 Å². The van der Waals surface area contributed by atoms with Crippen molar-refractivity contribution in [2.24, 2.45) is 0 Å². The van der Waals surface area contributed by atoms with E-state index in [1.54, 1.807) is 6.08 Å². The molecule has 0 aliphatic heterocycles. The quantitative estimate of drug-likeness (QED) is 0.421. The highest BCUT2D eigenvalue weighted by molar-refractivity contribution is 5.98. The highest BCUT2D eigenvalue weighted by Gasteiger charge is 2.06. The molecule has 110 valence electrons. The van der Waals surface area contributed by atoms with Gasteiger partial charge in [0.1, 0.15) is 0 Å². The summed E-state index contributed by atoms with van der Waals surface area (Å²) >= 11 is 0. The van der Waals surface area contributed by atoms with E-state index in [1.165, 1.54) is 27.5 Å². The maximum absolute atomic E-state index is 5.20. The highest BCUT2D eigenvalue weighted by atomic mass is 14.1. The fourth-order valence-corrected chi connectivity index (χ4v) is 2.79. The number of benzene rings is 3. The van der Waals surface area contributed by atoms with Crippen LogP contribution in [0.5, 0.6) is 0 Å². The molecule has 0 unspecified atom stereocenters. The van der Waals surface area contributed by atoms with E-state index < -0.39 is 0 Å². The van der Waals surface area contributed by atoms with Crippen LogP contribution in [0.3, 0.4) is 0 Å². The maximum Gasteiger partial charge on any atom is -0.00882 e. The van der Waals surface area contributed by atoms with Crippen LogP contribution in [-0.2, 0) is 6.42 Å². The van der Waals surface area contributed by atoms with Gasteiger partial charge in [-0.15, -0.1) is 6.42 Å². The lowest BCUT2D eigenvalue weighted by Crippen LogP contribution is -1.88. The zero-order chi connectivity index (χ0) is 15.9. The normalized spacial score (nSPS) is 11.3. The minimum Gasteiger partial charge on any atom is -0.115 e. The van der Waals surface area contributed by atoms with Gasteiger partial charge in [-0.1, -0.05) is 90.9 Å². The lowest BCUT2D eigenvalue weighted by Gasteiger charge is -2.10. The third-order valence-corrected chi connectivity index (χ3v) is 3.88. The monoisotopic (exact) mass is 294 g/mol. The molecule has 0 aliphatic rings. The van der Waals surface area contributed by atoms with Gasteiger partial charge in [0, 0.05) is 0 Å². The Morgan fingerprint density at radius 1 is 0.783 bits per heavy atom. The Morgan fingerprint density at radius 2 is 1.52 bits per heavy atom. The Kier molecular flexibility index (Phi) is 4.72. The predicted octanol–water partition coefficient (Wildman–Crippen LogP) is 5.79. The lowest BCUT2D eigenvalue weighted by molar-refractivity contribution is 1.30. The molecule has 0 saturated carbocycles. The molecule has 0 radical (unpaired) electrons. The summed E-state index contributed by atoms with van der Waals surface area (Å²) in [5, 5.41) is 2.60. The molecule has 0 nitrogen and oxygen atoms in total. The number of fused-ring (bicyclic) bond motifs is 1. The van der Waals surface area contributed by atoms with Crippen molar-refractivity contribution < 1.29 is 0 Å². The second-order valence-corrected chi connectivity index (χ2v) is 5.34. The van der Waals surface area contributed by atoms with E-state index in [4.69, 9.17) is 6.42 Å². The van der Waals surface area contributed by atoms with Gasteiger partial charge >= 0.3 is 0 Å². The van der Waals surface area contributed by atoms with Crippen molar-refractivity contribution in [3.05, 3.63) is 96.6 Å². The Hall–Kier alpha value is -3.04. The summed E-state index contributed by atoms with van der Waals surface area (Å²) in [4.78, 5) is 0. The molecule has 0 bridgehead atoms. The van der Waals surface area contributed by atoms with Crippen LogP contribution in [0.2, 0.25) is 0 Å². The summed E-state index contributed by atoms with van der Waals surface area (Å²) in [7, 11) is 0. The number of hydrogen-bond acceptors (Lipinski definition) is 0. The molecular weight excluding hydrogens is 276 g/mol. The molecule has 0 aliphatic carbocycles. The Labute approximate surface area is 137 Å². The Morgan fingerprint density at radius 3 is 2.30 bits per heavy atom. The molecule has 0 heterocycles. The molecule has 0 heteroatoms. The van der Waals surface area contributed by atoms with E-state index in [-0.39, 0.29) is 0 Å². The van der Waals surface area contributed by atoms with Crippen molar-refractivity contribution in [3.63, 3.8) is 0 Å². The van der Waals surface area contributed by atoms with Crippen LogP contribution in [0.25, 0.3) is 21.9 Å². The molecule has 0 fully saturated rings. The van der Waals surface area contributed by atoms with Gasteiger partial charge in [0.05, 0.1) is 0 Å². The van der Waals surface area contributed by atoms with Crippen LogP contribution in [0, 0.1) is 12.3 Å². The molecule has 0 aromatic heterocycles. The molecule has 0 atom stereocenters. The van der Waals surface area contributed by atoms with Crippen LogP contribution in [0.15, 0.2) is 91.0 Å². The van der Waals surface area contributed by atoms with Crippen LogP contribution >= 0.6 is 0 Å². The maximum atomic E-state index is 5.20. The van der Waals surface area contributed by atoms with Crippen LogP contribution in [0.4, 0.5) is 0 Å². The smallest absolute Gasteiger partial charge is 0.00882 e. The van der Waals surface area contributed by atoms with Gasteiger partial charge in [-0.3, -0.25) is 0 Å². The van der Waals surface area contributed by atoms with Gasteiger partial charge in [0.25, 0.3) is 0 Å². The van der Waals surface area contributed by atoms with Crippen molar-refractivity contribution in [1.29, 1.82) is 0 Å². The van der Waals surface area contributed by atoms with E-state index in [0.29, 0.717) is 0 Å². The molecule has 23 heavy (non-hydrogen) atoms. The van der Waals surface area contributed by atoms with Gasteiger partial charge in [-0.2, -0.15) is 0 Å². The summed E-state index contributed by atoms with van der Waals surface area (Å²) in [6.07, 6.45) is 13.8. The highest BCUT2D eigenvalue weighted by Crippen LogP contribution is 2.31. The largest absolute Gasteiger partial charge is 0.115 e. The molecule has 0 saturated heterocycles. The third kappa shape index (κ3) is 3.42. The molecule has 3 aromatic carbocycles. The average Bonchev–Trinajstić information content (AvgIpc) is 2.62. The molecule has 3 aromatic rings. The minimum absolute atomic E-state index is 0.893. The van der Waals surface area contributed by atoms with Gasteiger partial charge < -0.3 is 0 Å². The first-order valence-electron chi connectivity index (χ1n) is 7.74. The van der Waals surface area contributed by atoms with Gasteiger partial charge in [-0.05, 0) is 40.0 Å². The number of terminal acetylenes is 1. The summed E-state index contributed by atoms with van der Waals surface area (Å²) in [5.74, 6) is 2.49. The van der Waals surface area contributed by atoms with Gasteiger partial charge in [-0.25, -0.2) is 0 Å². The molecule has 0 N–H and O–H groups in total. The number of hydrogen-bond donors (Lipinski definition) is 0. The van der Waals surface area contributed by atoms with Crippen molar-refractivity contribution in [1.82, 2.24) is 0 Å². The van der Waals surface area contributed by atoms with E-state index in [9.17, 15) is 0 Å². The summed E-state index contributed by atoms with van der Waals surface area (Å²) in [6.45, 7) is 0. The van der Waals surface area contributed by atoms with E-state index in [2.05, 4.69) is 78.7 Å². The van der Waals surface area contributed by atoms with Crippen molar-refractivity contribution in [3.8, 4) is 23.5 Å². The first-order chi connectivity index (χ1) is 11.4. The Bertz CT molecular complexity index is 890. The molecule has 0 amide bonds. The van der Waals surface area contributed by atoms with E-state index >= 15 is 0 Å². The summed E-state index contributed by atoms with van der Waals surface area (Å²) in [6, 6.07) is 23.6. The third-order valence-electron chi connectivity index (χ3n) is 3.88. The molecule has 3 rings (SSSR count). The first-order valence-corrected chi connectivity index (χ1v) is 7.74. The standard InChI is InChI=1S/C23H18/c1-2-3-4-5-7-14-20-17-18-22(19-12-8-6-9-13-19)23-16-11-10-15-21(20)23/h1,3-13,15-18H,14H2/b4-3-,7-5-. The minimum atomic E-state index is 0.893. The molecule has 0 spiro atoms. The van der Waals surface area contributed by atoms with E-state index in [1.807, 2.05) is 12.2 Å². The average molecular weight is 294 g/mol. The van der Waals surface area contributed by atoms with Crippen LogP contribution < -0.4 is 0 Å². The fraction of sp³-hybridized carbons (Fsp3) is 0.0435. The second kappa shape index (κ2) is 7.29. The lowest BCUT2D eigenvalue weighted by atomic mass is 9.94. The Balaban J connectivity index is 2.02. The van der Waals surface area contributed by atoms with E-state index in [0.717, 1.165) is 6.42 Å². The zero-order valence-corrected chi connectivity index (χ0v) is 12.9. The topological polar surface area (TPSA) is 0 Å². The first kappa shape index (κ1) is 14.9.